The minimum absolute atomic E-state index is 0. The molecule has 0 unspecified atom stereocenters. The van der Waals surface area contributed by atoms with Gasteiger partial charge in [0, 0.05) is 0 Å². The molecule has 0 aromatic rings. The standard InChI is InChI=1S/C3H6O3S.3BF4.Li.H/c1-2-3-7(4,5)6;3*2-1(3,4)5;;/h2-3H,1H3,(H,4,5,6);;;;;/q;3*-1;;. The first-order valence-corrected chi connectivity index (χ1v) is 5.78. The average Bonchev–Trinajstić information content (AvgIpc) is 1.88. The van der Waals surface area contributed by atoms with Gasteiger partial charge in [0.15, 0.2) is 0 Å². The summed E-state index contributed by atoms with van der Waals surface area (Å²) in [6.07, 6.45) is 1.25. The third kappa shape index (κ3) is 640. The van der Waals surface area contributed by atoms with Crippen LogP contribution in [-0.2, 0) is 10.1 Å². The molecular formula is C3H7B3F12LiO3S-3. The quantitative estimate of drug-likeness (QED) is 0.422. The van der Waals surface area contributed by atoms with E-state index in [4.69, 9.17) is 4.55 Å². The number of halogens is 12. The SMILES string of the molecule is CC=CS(=O)(=O)O.F[B-](F)(F)F.F[B-](F)(F)F.F[B-](F)(F)F.[LiH]. The third-order valence-corrected chi connectivity index (χ3v) is 0.924. The molecule has 0 aliphatic heterocycles. The van der Waals surface area contributed by atoms with Gasteiger partial charge in [-0.2, -0.15) is 8.42 Å². The van der Waals surface area contributed by atoms with Gasteiger partial charge in [0.05, 0.1) is 5.41 Å². The number of rotatable bonds is 1. The second kappa shape index (κ2) is 14.0. The van der Waals surface area contributed by atoms with Gasteiger partial charge in [0.1, 0.15) is 0 Å². The van der Waals surface area contributed by atoms with E-state index in [1.165, 1.54) is 13.0 Å². The molecule has 0 fully saturated rings. The van der Waals surface area contributed by atoms with Crippen LogP contribution in [0.15, 0.2) is 11.5 Å². The van der Waals surface area contributed by atoms with Gasteiger partial charge in [0.25, 0.3) is 10.1 Å². The van der Waals surface area contributed by atoms with Gasteiger partial charge < -0.3 is 51.8 Å². The van der Waals surface area contributed by atoms with Crippen LogP contribution in [0.3, 0.4) is 0 Å². The van der Waals surface area contributed by atoms with Gasteiger partial charge in [-0.1, -0.05) is 6.08 Å². The van der Waals surface area contributed by atoms with Crippen LogP contribution < -0.4 is 0 Å². The molecule has 0 aromatic carbocycles. The number of hydrogen-bond acceptors (Lipinski definition) is 2. The predicted molar refractivity (Wildman–Crippen MR) is 64.1 cm³/mol. The summed E-state index contributed by atoms with van der Waals surface area (Å²) in [6.45, 7) is 1.51. The van der Waals surface area contributed by atoms with Gasteiger partial charge in [0.2, 0.25) is 0 Å². The summed E-state index contributed by atoms with van der Waals surface area (Å²) in [4.78, 5) is 0. The Balaban J connectivity index is -0.0000000625. The third-order valence-electron chi connectivity index (χ3n) is 0.308. The van der Waals surface area contributed by atoms with E-state index in [1.54, 1.807) is 0 Å². The molecule has 0 bridgehead atoms. The van der Waals surface area contributed by atoms with Gasteiger partial charge in [-0.05, 0) is 6.92 Å². The Labute approximate surface area is 134 Å². The first-order valence-electron chi connectivity index (χ1n) is 4.28. The molecule has 0 amide bonds. The van der Waals surface area contributed by atoms with E-state index in [1.807, 2.05) is 0 Å². The summed E-state index contributed by atoms with van der Waals surface area (Å²) in [5.74, 6) is 0. The Kier molecular flexibility index (Phi) is 20.7. The van der Waals surface area contributed by atoms with Gasteiger partial charge in [-0.25, -0.2) is 0 Å². The van der Waals surface area contributed by atoms with Crippen LogP contribution in [0.2, 0.25) is 0 Å². The number of hydrogen-bond donors (Lipinski definition) is 1. The zero-order valence-electron chi connectivity index (χ0n) is 10.1. The first-order chi connectivity index (χ1) is 9.06. The van der Waals surface area contributed by atoms with Crippen LogP contribution in [0, 0.1) is 0 Å². The van der Waals surface area contributed by atoms with E-state index < -0.39 is 31.9 Å². The summed E-state index contributed by atoms with van der Waals surface area (Å²) < 4.78 is 144. The van der Waals surface area contributed by atoms with Crippen LogP contribution in [0.5, 0.6) is 0 Å². The van der Waals surface area contributed by atoms with Gasteiger partial charge in [-0.15, -0.1) is 0 Å². The predicted octanol–water partition coefficient (Wildman–Crippen LogP) is 3.66. The molecule has 20 heteroatoms. The molecule has 0 radical (unpaired) electrons. The Morgan fingerprint density at radius 3 is 0.826 bits per heavy atom. The molecular weight excluding hydrogens is 383 g/mol. The number of allylic oxidation sites excluding steroid dienone is 1. The zero-order valence-corrected chi connectivity index (χ0v) is 10.9. The molecule has 0 aromatic heterocycles. The molecule has 23 heavy (non-hydrogen) atoms. The molecule has 140 valence electrons. The minimum atomic E-state index is -6.00. The molecule has 0 saturated heterocycles. The molecule has 0 aliphatic rings. The fourth-order valence-corrected chi connectivity index (χ4v) is 0.516. The van der Waals surface area contributed by atoms with E-state index in [0.717, 1.165) is 0 Å². The Morgan fingerprint density at radius 1 is 0.696 bits per heavy atom. The van der Waals surface area contributed by atoms with Crippen LogP contribution in [0.1, 0.15) is 6.92 Å². The summed E-state index contributed by atoms with van der Waals surface area (Å²) >= 11 is 0. The van der Waals surface area contributed by atoms with E-state index in [0.29, 0.717) is 5.41 Å². The summed E-state index contributed by atoms with van der Waals surface area (Å²) in [5.41, 5.74) is 0. The van der Waals surface area contributed by atoms with E-state index in [9.17, 15) is 60.2 Å². The molecule has 3 nitrogen and oxygen atoms in total. The fraction of sp³-hybridized carbons (Fsp3) is 0.333. The van der Waals surface area contributed by atoms with E-state index >= 15 is 0 Å². The molecule has 0 saturated carbocycles. The van der Waals surface area contributed by atoms with Crippen molar-refractivity contribution in [3.63, 3.8) is 0 Å². The summed E-state index contributed by atoms with van der Waals surface area (Å²) in [7, 11) is -21.9. The zero-order chi connectivity index (χ0) is 19.4. The van der Waals surface area contributed by atoms with Crippen molar-refractivity contribution < 1.29 is 64.8 Å². The van der Waals surface area contributed by atoms with Crippen LogP contribution in [0.25, 0.3) is 0 Å². The van der Waals surface area contributed by atoms with Crippen molar-refractivity contribution in [2.45, 2.75) is 6.92 Å². The topological polar surface area (TPSA) is 54.4 Å². The van der Waals surface area contributed by atoms with Gasteiger partial charge in [-0.3, -0.25) is 4.55 Å². The monoisotopic (exact) mass is 391 g/mol. The van der Waals surface area contributed by atoms with Crippen molar-refractivity contribution >= 4 is 50.7 Å². The Hall–Kier alpha value is -0.398. The van der Waals surface area contributed by atoms with Crippen molar-refractivity contribution in [1.82, 2.24) is 0 Å². The second-order valence-electron chi connectivity index (χ2n) is 2.47. The maximum absolute atomic E-state index is 9.75. The van der Waals surface area contributed by atoms with Crippen molar-refractivity contribution in [3.8, 4) is 0 Å². The second-order valence-corrected chi connectivity index (χ2v) is 3.77. The normalized spacial score (nSPS) is 11.7. The molecule has 0 atom stereocenters. The van der Waals surface area contributed by atoms with Crippen LogP contribution >= 0.6 is 0 Å². The molecule has 0 rings (SSSR count). The fourth-order valence-electron chi connectivity index (χ4n) is 0.172. The van der Waals surface area contributed by atoms with Crippen molar-refractivity contribution in [2.75, 3.05) is 0 Å². The Morgan fingerprint density at radius 2 is 0.826 bits per heavy atom. The van der Waals surface area contributed by atoms with E-state index in [-0.39, 0.29) is 18.9 Å². The van der Waals surface area contributed by atoms with Crippen LogP contribution in [0.4, 0.5) is 51.8 Å². The van der Waals surface area contributed by atoms with Gasteiger partial charge >= 0.3 is 40.6 Å². The average molecular weight is 391 g/mol. The van der Waals surface area contributed by atoms with Crippen LogP contribution in [-0.4, -0.2) is 53.6 Å². The van der Waals surface area contributed by atoms with Crippen molar-refractivity contribution in [1.29, 1.82) is 0 Å². The maximum atomic E-state index is 9.75. The summed E-state index contributed by atoms with van der Waals surface area (Å²) in [6, 6.07) is 0. The summed E-state index contributed by atoms with van der Waals surface area (Å²) in [5, 5.41) is 0.715. The molecule has 0 spiro atoms. The van der Waals surface area contributed by atoms with E-state index in [2.05, 4.69) is 0 Å². The first kappa shape index (κ1) is 34.0. The van der Waals surface area contributed by atoms with Crippen molar-refractivity contribution in [3.05, 3.63) is 11.5 Å². The van der Waals surface area contributed by atoms with Crippen molar-refractivity contribution in [2.24, 2.45) is 0 Å². The molecule has 0 aliphatic carbocycles. The Bertz CT molecular complexity index is 341. The molecule has 1 N–H and O–H groups in total. The molecule has 0 heterocycles.